The number of carbonyl (C=O) groups is 2. The first kappa shape index (κ1) is 19.3. The van der Waals surface area contributed by atoms with E-state index in [4.69, 9.17) is 11.6 Å². The van der Waals surface area contributed by atoms with Crippen molar-refractivity contribution in [1.82, 2.24) is 10.2 Å². The highest BCUT2D eigenvalue weighted by Crippen LogP contribution is 2.26. The van der Waals surface area contributed by atoms with Gasteiger partial charge < -0.3 is 5.32 Å². The van der Waals surface area contributed by atoms with E-state index in [1.165, 1.54) is 12.1 Å². The van der Waals surface area contributed by atoms with Gasteiger partial charge in [-0.3, -0.25) is 14.9 Å². The van der Waals surface area contributed by atoms with E-state index in [1.54, 1.807) is 36.4 Å². The second kappa shape index (κ2) is 8.94. The molecule has 0 saturated carbocycles. The van der Waals surface area contributed by atoms with E-state index in [0.29, 0.717) is 20.1 Å². The maximum atomic E-state index is 13.5. The number of aromatic nitrogens is 2. The molecular weight excluding hydrogens is 411 g/mol. The summed E-state index contributed by atoms with van der Waals surface area (Å²) in [4.78, 5) is 24.0. The number of anilines is 2. The molecule has 0 unspecified atom stereocenters. The van der Waals surface area contributed by atoms with Gasteiger partial charge in [-0.15, -0.1) is 10.2 Å². The number of nitrogens with one attached hydrogen (secondary N) is 2. The molecule has 0 saturated heterocycles. The highest BCUT2D eigenvalue weighted by Gasteiger charge is 2.12. The average molecular weight is 423 g/mol. The highest BCUT2D eigenvalue weighted by atomic mass is 35.5. The van der Waals surface area contributed by atoms with E-state index in [9.17, 15) is 14.0 Å². The van der Waals surface area contributed by atoms with Gasteiger partial charge in [-0.2, -0.15) is 0 Å². The normalized spacial score (nSPS) is 10.4. The van der Waals surface area contributed by atoms with E-state index in [2.05, 4.69) is 20.8 Å². The average Bonchev–Trinajstić information content (AvgIpc) is 3.10. The van der Waals surface area contributed by atoms with Crippen LogP contribution in [0.2, 0.25) is 5.02 Å². The second-order valence-corrected chi connectivity index (χ2v) is 7.79. The Morgan fingerprint density at radius 3 is 2.56 bits per heavy atom. The number of hydrogen-bond donors (Lipinski definition) is 2. The summed E-state index contributed by atoms with van der Waals surface area (Å²) in [6.07, 6.45) is 0. The zero-order valence-corrected chi connectivity index (χ0v) is 16.0. The van der Waals surface area contributed by atoms with Crippen molar-refractivity contribution in [2.45, 2.75) is 4.34 Å². The molecule has 1 heterocycles. The van der Waals surface area contributed by atoms with Crippen LogP contribution in [0.15, 0.2) is 52.9 Å². The Kier molecular flexibility index (Phi) is 6.38. The summed E-state index contributed by atoms with van der Waals surface area (Å²) in [7, 11) is 0. The third-order valence-corrected chi connectivity index (χ3v) is 5.43. The molecule has 0 atom stereocenters. The number of para-hydroxylation sites is 1. The molecular formula is C17H12ClFN4O2S2. The van der Waals surface area contributed by atoms with Gasteiger partial charge in [-0.05, 0) is 36.4 Å². The van der Waals surface area contributed by atoms with Gasteiger partial charge in [-0.1, -0.05) is 46.8 Å². The van der Waals surface area contributed by atoms with Gasteiger partial charge in [0.15, 0.2) is 4.34 Å². The summed E-state index contributed by atoms with van der Waals surface area (Å²) >= 11 is 8.07. The van der Waals surface area contributed by atoms with Crippen LogP contribution in [0.4, 0.5) is 15.2 Å². The third kappa shape index (κ3) is 5.49. The maximum absolute atomic E-state index is 13.5. The molecule has 0 aliphatic carbocycles. The van der Waals surface area contributed by atoms with Gasteiger partial charge in [0.05, 0.1) is 11.4 Å². The largest absolute Gasteiger partial charge is 0.323 e. The van der Waals surface area contributed by atoms with Crippen molar-refractivity contribution in [2.24, 2.45) is 0 Å². The second-order valence-electron chi connectivity index (χ2n) is 5.15. The topological polar surface area (TPSA) is 84.0 Å². The summed E-state index contributed by atoms with van der Waals surface area (Å²) in [5, 5.41) is 13.8. The number of thioether (sulfide) groups is 1. The van der Waals surface area contributed by atoms with Gasteiger partial charge in [0, 0.05) is 10.6 Å². The lowest BCUT2D eigenvalue weighted by Crippen LogP contribution is -2.14. The monoisotopic (exact) mass is 422 g/mol. The first-order valence-electron chi connectivity index (χ1n) is 7.59. The lowest BCUT2D eigenvalue weighted by Gasteiger charge is -2.04. The van der Waals surface area contributed by atoms with Crippen molar-refractivity contribution >= 4 is 57.3 Å². The quantitative estimate of drug-likeness (QED) is 0.456. The van der Waals surface area contributed by atoms with Crippen LogP contribution in [-0.2, 0) is 4.79 Å². The van der Waals surface area contributed by atoms with Crippen molar-refractivity contribution in [2.75, 3.05) is 16.4 Å². The lowest BCUT2D eigenvalue weighted by molar-refractivity contribution is -0.113. The fourth-order valence-electron chi connectivity index (χ4n) is 1.97. The first-order chi connectivity index (χ1) is 13.0. The van der Waals surface area contributed by atoms with Gasteiger partial charge >= 0.3 is 0 Å². The van der Waals surface area contributed by atoms with Crippen LogP contribution < -0.4 is 10.6 Å². The van der Waals surface area contributed by atoms with Crippen molar-refractivity contribution < 1.29 is 14.0 Å². The van der Waals surface area contributed by atoms with Crippen molar-refractivity contribution in [3.63, 3.8) is 0 Å². The molecule has 1 aromatic heterocycles. The van der Waals surface area contributed by atoms with E-state index in [1.807, 2.05) is 0 Å². The summed E-state index contributed by atoms with van der Waals surface area (Å²) in [5.74, 6) is -1.17. The molecule has 138 valence electrons. The Bertz CT molecular complexity index is 966. The predicted octanol–water partition coefficient (Wildman–Crippen LogP) is 4.31. The lowest BCUT2D eigenvalue weighted by atomic mass is 10.2. The molecule has 2 N–H and O–H groups in total. The summed E-state index contributed by atoms with van der Waals surface area (Å²) in [6.45, 7) is 0. The zero-order valence-electron chi connectivity index (χ0n) is 13.6. The number of hydrogen-bond acceptors (Lipinski definition) is 6. The molecule has 0 fully saturated rings. The zero-order chi connectivity index (χ0) is 19.2. The number of benzene rings is 2. The number of amides is 2. The van der Waals surface area contributed by atoms with E-state index < -0.39 is 5.82 Å². The molecule has 0 radical (unpaired) electrons. The summed E-state index contributed by atoms with van der Waals surface area (Å²) in [6, 6.07) is 12.4. The van der Waals surface area contributed by atoms with Gasteiger partial charge in [0.2, 0.25) is 11.0 Å². The van der Waals surface area contributed by atoms with E-state index in [-0.39, 0.29) is 23.3 Å². The van der Waals surface area contributed by atoms with Crippen molar-refractivity contribution in [1.29, 1.82) is 0 Å². The van der Waals surface area contributed by atoms with Crippen molar-refractivity contribution in [3.8, 4) is 0 Å². The Labute approximate surface area is 167 Å². The maximum Gasteiger partial charge on any atom is 0.257 e. The van der Waals surface area contributed by atoms with Crippen LogP contribution in [0.5, 0.6) is 0 Å². The van der Waals surface area contributed by atoms with E-state index in [0.717, 1.165) is 23.1 Å². The molecule has 6 nitrogen and oxygen atoms in total. The Hall–Kier alpha value is -2.49. The number of rotatable bonds is 6. The van der Waals surface area contributed by atoms with Gasteiger partial charge in [0.1, 0.15) is 5.82 Å². The third-order valence-electron chi connectivity index (χ3n) is 3.21. The fourth-order valence-corrected chi connectivity index (χ4v) is 3.64. The Morgan fingerprint density at radius 2 is 1.81 bits per heavy atom. The molecule has 3 rings (SSSR count). The fraction of sp³-hybridized carbons (Fsp3) is 0.0588. The van der Waals surface area contributed by atoms with Crippen LogP contribution in [-0.4, -0.2) is 27.8 Å². The molecule has 27 heavy (non-hydrogen) atoms. The van der Waals surface area contributed by atoms with E-state index >= 15 is 0 Å². The minimum atomic E-state index is -0.501. The van der Waals surface area contributed by atoms with Crippen LogP contribution in [0.3, 0.4) is 0 Å². The molecule has 2 aromatic carbocycles. The highest BCUT2D eigenvalue weighted by molar-refractivity contribution is 8.01. The molecule has 10 heteroatoms. The first-order valence-corrected chi connectivity index (χ1v) is 9.77. The summed E-state index contributed by atoms with van der Waals surface area (Å²) < 4.78 is 14.0. The standard InChI is InChI=1S/C17H12ClFN4O2S2/c18-11-7-5-10(6-8-11)15(25)21-16-22-23-17(27-16)26-9-14(24)20-13-4-2-1-3-12(13)19/h1-8H,9H2,(H,20,24)(H,21,22,25). The molecule has 2 amide bonds. The number of carbonyl (C=O) groups excluding carboxylic acids is 2. The van der Waals surface area contributed by atoms with Crippen LogP contribution in [0, 0.1) is 5.82 Å². The molecule has 0 aliphatic rings. The Balaban J connectivity index is 1.52. The minimum absolute atomic E-state index is 0.0358. The van der Waals surface area contributed by atoms with Gasteiger partial charge in [0.25, 0.3) is 5.91 Å². The summed E-state index contributed by atoms with van der Waals surface area (Å²) in [5.41, 5.74) is 0.560. The van der Waals surface area contributed by atoms with Gasteiger partial charge in [-0.25, -0.2) is 4.39 Å². The number of halogens is 2. The molecule has 0 spiro atoms. The predicted molar refractivity (Wildman–Crippen MR) is 105 cm³/mol. The van der Waals surface area contributed by atoms with Crippen molar-refractivity contribution in [3.05, 3.63) is 64.9 Å². The van der Waals surface area contributed by atoms with Crippen LogP contribution in [0.25, 0.3) is 0 Å². The molecule has 0 bridgehead atoms. The smallest absolute Gasteiger partial charge is 0.257 e. The molecule has 3 aromatic rings. The van der Waals surface area contributed by atoms with Crippen LogP contribution >= 0.6 is 34.7 Å². The molecule has 0 aliphatic heterocycles. The van der Waals surface area contributed by atoms with Crippen LogP contribution in [0.1, 0.15) is 10.4 Å². The minimum Gasteiger partial charge on any atom is -0.323 e. The Morgan fingerprint density at radius 1 is 1.07 bits per heavy atom. The number of nitrogens with zero attached hydrogens (tertiary/aromatic N) is 2. The SMILES string of the molecule is O=C(CSc1nnc(NC(=O)c2ccc(Cl)cc2)s1)Nc1ccccc1F.